The number of furan rings is 1. The molecule has 4 aromatic rings. The maximum absolute atomic E-state index is 12.5. The highest BCUT2D eigenvalue weighted by Gasteiger charge is 2.15. The van der Waals surface area contributed by atoms with Gasteiger partial charge in [-0.3, -0.25) is 14.9 Å². The summed E-state index contributed by atoms with van der Waals surface area (Å²) in [5.41, 5.74) is 1.21. The summed E-state index contributed by atoms with van der Waals surface area (Å²) in [4.78, 5) is 28.6. The van der Waals surface area contributed by atoms with Crippen molar-refractivity contribution in [1.29, 1.82) is 0 Å². The third-order valence-corrected chi connectivity index (χ3v) is 5.35. The van der Waals surface area contributed by atoms with Crippen LogP contribution in [0.3, 0.4) is 0 Å². The number of carbonyl (C=O) groups is 1. The Hall–Kier alpha value is -2.87. The fourth-order valence-electron chi connectivity index (χ4n) is 2.65. The zero-order valence-corrected chi connectivity index (χ0v) is 17.1. The van der Waals surface area contributed by atoms with Crippen molar-refractivity contribution in [2.45, 2.75) is 6.54 Å². The average molecular weight is 446 g/mol. The summed E-state index contributed by atoms with van der Waals surface area (Å²) in [5.74, 6) is 0.196. The number of hydrogen-bond acceptors (Lipinski definition) is 5. The van der Waals surface area contributed by atoms with Gasteiger partial charge in [0.15, 0.2) is 10.9 Å². The first kappa shape index (κ1) is 19.4. The SMILES string of the molecule is O=C(Nc1nc(-c2ccc(Cl)cc2Cl)cs1)c1ccc(Cn2ccccc2=O)o1. The number of hydrogen-bond donors (Lipinski definition) is 1. The number of aromatic nitrogens is 2. The summed E-state index contributed by atoms with van der Waals surface area (Å²) in [6.45, 7) is 0.240. The van der Waals surface area contributed by atoms with Gasteiger partial charge in [0.1, 0.15) is 5.76 Å². The molecule has 0 radical (unpaired) electrons. The second kappa shape index (κ2) is 8.24. The van der Waals surface area contributed by atoms with Gasteiger partial charge >= 0.3 is 0 Å². The van der Waals surface area contributed by atoms with Crippen molar-refractivity contribution in [3.05, 3.63) is 92.0 Å². The highest BCUT2D eigenvalue weighted by Crippen LogP contribution is 2.32. The average Bonchev–Trinajstić information content (AvgIpc) is 3.33. The predicted octanol–water partition coefficient (Wildman–Crippen LogP) is 5.17. The number of halogens is 2. The molecule has 146 valence electrons. The molecule has 29 heavy (non-hydrogen) atoms. The number of nitrogens with one attached hydrogen (secondary N) is 1. The lowest BCUT2D eigenvalue weighted by Gasteiger charge is -2.02. The molecule has 9 heteroatoms. The topological polar surface area (TPSA) is 77.1 Å². The molecule has 1 amide bonds. The minimum absolute atomic E-state index is 0.130. The molecular weight excluding hydrogens is 433 g/mol. The first-order valence-corrected chi connectivity index (χ1v) is 10.1. The van der Waals surface area contributed by atoms with Gasteiger partial charge < -0.3 is 8.98 Å². The van der Waals surface area contributed by atoms with Crippen molar-refractivity contribution in [3.63, 3.8) is 0 Å². The Morgan fingerprint density at radius 1 is 1.17 bits per heavy atom. The number of carbonyl (C=O) groups excluding carboxylic acids is 1. The molecule has 1 N–H and O–H groups in total. The Kier molecular flexibility index (Phi) is 5.53. The molecule has 0 saturated heterocycles. The van der Waals surface area contributed by atoms with Crippen LogP contribution in [0.1, 0.15) is 16.3 Å². The van der Waals surface area contributed by atoms with Gasteiger partial charge in [-0.15, -0.1) is 11.3 Å². The highest BCUT2D eigenvalue weighted by molar-refractivity contribution is 7.14. The van der Waals surface area contributed by atoms with Crippen molar-refractivity contribution in [2.75, 3.05) is 5.32 Å². The molecule has 0 spiro atoms. The van der Waals surface area contributed by atoms with Crippen molar-refractivity contribution in [3.8, 4) is 11.3 Å². The van der Waals surface area contributed by atoms with Gasteiger partial charge in [-0.1, -0.05) is 29.3 Å². The Bertz CT molecular complexity index is 1250. The van der Waals surface area contributed by atoms with Gasteiger partial charge in [-0.2, -0.15) is 0 Å². The van der Waals surface area contributed by atoms with Crippen molar-refractivity contribution < 1.29 is 9.21 Å². The van der Waals surface area contributed by atoms with Gasteiger partial charge in [-0.05, 0) is 36.4 Å². The van der Waals surface area contributed by atoms with Crippen molar-refractivity contribution in [2.24, 2.45) is 0 Å². The monoisotopic (exact) mass is 445 g/mol. The van der Waals surface area contributed by atoms with Crippen LogP contribution >= 0.6 is 34.5 Å². The van der Waals surface area contributed by atoms with E-state index in [1.54, 1.807) is 54.0 Å². The van der Waals surface area contributed by atoms with Crippen LogP contribution in [0.25, 0.3) is 11.3 Å². The first-order valence-electron chi connectivity index (χ1n) is 8.46. The third-order valence-electron chi connectivity index (χ3n) is 4.04. The molecule has 0 aliphatic heterocycles. The predicted molar refractivity (Wildman–Crippen MR) is 114 cm³/mol. The minimum atomic E-state index is -0.431. The van der Waals surface area contributed by atoms with Crippen LogP contribution in [0.5, 0.6) is 0 Å². The Morgan fingerprint density at radius 2 is 2.03 bits per heavy atom. The highest BCUT2D eigenvalue weighted by atomic mass is 35.5. The summed E-state index contributed by atoms with van der Waals surface area (Å²) in [6, 6.07) is 13.2. The number of benzene rings is 1. The molecule has 0 aliphatic rings. The van der Waals surface area contributed by atoms with Gasteiger partial charge in [0.2, 0.25) is 0 Å². The zero-order valence-electron chi connectivity index (χ0n) is 14.8. The molecular formula is C20H13Cl2N3O3S. The zero-order chi connectivity index (χ0) is 20.4. The smallest absolute Gasteiger partial charge is 0.293 e. The van der Waals surface area contributed by atoms with Crippen LogP contribution in [-0.4, -0.2) is 15.5 Å². The molecule has 1 aromatic carbocycles. The van der Waals surface area contributed by atoms with E-state index in [4.69, 9.17) is 27.6 Å². The summed E-state index contributed by atoms with van der Waals surface area (Å²) in [7, 11) is 0. The van der Waals surface area contributed by atoms with E-state index >= 15 is 0 Å². The summed E-state index contributed by atoms with van der Waals surface area (Å²) in [5, 5.41) is 5.92. The number of thiazole rings is 1. The lowest BCUT2D eigenvalue weighted by molar-refractivity contribution is 0.0994. The van der Waals surface area contributed by atoms with Crippen LogP contribution in [0.4, 0.5) is 5.13 Å². The lowest BCUT2D eigenvalue weighted by atomic mass is 10.2. The normalized spacial score (nSPS) is 10.8. The Morgan fingerprint density at radius 3 is 2.83 bits per heavy atom. The van der Waals surface area contributed by atoms with E-state index in [0.29, 0.717) is 26.6 Å². The molecule has 4 rings (SSSR count). The summed E-state index contributed by atoms with van der Waals surface area (Å²) >= 11 is 13.4. The second-order valence-corrected chi connectivity index (χ2v) is 7.75. The fourth-order valence-corrected chi connectivity index (χ4v) is 3.87. The van der Waals surface area contributed by atoms with Gasteiger partial charge in [-0.25, -0.2) is 4.98 Å². The van der Waals surface area contributed by atoms with E-state index in [2.05, 4.69) is 10.3 Å². The van der Waals surface area contributed by atoms with Crippen LogP contribution in [0.2, 0.25) is 10.0 Å². The number of nitrogens with zero attached hydrogens (tertiary/aromatic N) is 2. The Labute approximate surface area is 179 Å². The van der Waals surface area contributed by atoms with Crippen LogP contribution in [0.15, 0.2) is 69.3 Å². The maximum Gasteiger partial charge on any atom is 0.293 e. The number of amides is 1. The molecule has 0 atom stereocenters. The first-order chi connectivity index (χ1) is 14.0. The lowest BCUT2D eigenvalue weighted by Crippen LogP contribution is -2.18. The number of anilines is 1. The van der Waals surface area contributed by atoms with E-state index < -0.39 is 5.91 Å². The van der Waals surface area contributed by atoms with Gasteiger partial charge in [0, 0.05) is 28.2 Å². The standard InChI is InChI=1S/C20H13Cl2N3O3S/c21-12-4-6-14(15(22)9-12)16-11-29-20(23-16)24-19(27)17-7-5-13(28-17)10-25-8-2-1-3-18(25)26/h1-9,11H,10H2,(H,23,24,27). The number of rotatable bonds is 5. The molecule has 0 bridgehead atoms. The van der Waals surface area contributed by atoms with Crippen molar-refractivity contribution in [1.82, 2.24) is 9.55 Å². The second-order valence-electron chi connectivity index (χ2n) is 6.05. The molecule has 0 aliphatic carbocycles. The van der Waals surface area contributed by atoms with E-state index in [-0.39, 0.29) is 17.9 Å². The van der Waals surface area contributed by atoms with E-state index in [0.717, 1.165) is 5.56 Å². The molecule has 0 saturated carbocycles. The summed E-state index contributed by atoms with van der Waals surface area (Å²) < 4.78 is 7.06. The molecule has 0 fully saturated rings. The molecule has 6 nitrogen and oxygen atoms in total. The van der Waals surface area contributed by atoms with Crippen LogP contribution < -0.4 is 10.9 Å². The Balaban J connectivity index is 1.46. The number of pyridine rings is 1. The molecule has 3 aromatic heterocycles. The quantitative estimate of drug-likeness (QED) is 0.459. The fraction of sp³-hybridized carbons (Fsp3) is 0.0500. The molecule has 3 heterocycles. The van der Waals surface area contributed by atoms with E-state index in [1.807, 2.05) is 0 Å². The summed E-state index contributed by atoms with van der Waals surface area (Å²) in [6.07, 6.45) is 1.66. The van der Waals surface area contributed by atoms with Gasteiger partial charge in [0.05, 0.1) is 17.3 Å². The van der Waals surface area contributed by atoms with E-state index in [1.165, 1.54) is 22.0 Å². The maximum atomic E-state index is 12.5. The largest absolute Gasteiger partial charge is 0.454 e. The van der Waals surface area contributed by atoms with Crippen LogP contribution in [0, 0.1) is 0 Å². The van der Waals surface area contributed by atoms with Crippen molar-refractivity contribution >= 4 is 45.6 Å². The molecule has 0 unspecified atom stereocenters. The van der Waals surface area contributed by atoms with Crippen LogP contribution in [-0.2, 0) is 6.54 Å². The van der Waals surface area contributed by atoms with E-state index in [9.17, 15) is 9.59 Å². The third kappa shape index (κ3) is 4.42. The van der Waals surface area contributed by atoms with Gasteiger partial charge in [0.25, 0.3) is 11.5 Å². The minimum Gasteiger partial charge on any atom is -0.454 e.